The second-order valence-electron chi connectivity index (χ2n) is 5.03. The van der Waals surface area contributed by atoms with Crippen molar-refractivity contribution in [3.8, 4) is 0 Å². The van der Waals surface area contributed by atoms with Gasteiger partial charge in [0.1, 0.15) is 5.78 Å². The quantitative estimate of drug-likeness (QED) is 0.739. The van der Waals surface area contributed by atoms with Gasteiger partial charge in [0.15, 0.2) is 0 Å². The van der Waals surface area contributed by atoms with Gasteiger partial charge < -0.3 is 0 Å². The Balaban J connectivity index is 2.22. The summed E-state index contributed by atoms with van der Waals surface area (Å²) in [6.07, 6.45) is 6.59. The van der Waals surface area contributed by atoms with Crippen molar-refractivity contribution in [2.24, 2.45) is 0 Å². The van der Waals surface area contributed by atoms with Gasteiger partial charge in [0, 0.05) is 11.3 Å². The fourth-order valence-corrected chi connectivity index (χ4v) is 3.88. The molecule has 0 N–H and O–H groups in total. The second kappa shape index (κ2) is 5.75. The Morgan fingerprint density at radius 2 is 2.06 bits per heavy atom. The monoisotopic (exact) mass is 260 g/mol. The molecule has 1 saturated carbocycles. The molecule has 18 heavy (non-hydrogen) atoms. The van der Waals surface area contributed by atoms with E-state index < -0.39 is 0 Å². The first-order valence-corrected chi connectivity index (χ1v) is 7.38. The number of hydrogen-bond acceptors (Lipinski definition) is 2. The van der Waals surface area contributed by atoms with Crippen LogP contribution in [-0.4, -0.2) is 10.5 Å². The molecule has 0 saturated heterocycles. The van der Waals surface area contributed by atoms with Crippen molar-refractivity contribution in [1.82, 2.24) is 0 Å². The first-order chi connectivity index (χ1) is 8.66. The minimum atomic E-state index is -0.255. The summed E-state index contributed by atoms with van der Waals surface area (Å²) < 4.78 is -0.255. The van der Waals surface area contributed by atoms with Crippen LogP contribution >= 0.6 is 11.8 Å². The minimum absolute atomic E-state index is 0.255. The number of carbonyl (C=O) groups is 1. The van der Waals surface area contributed by atoms with Crippen LogP contribution in [0.2, 0.25) is 0 Å². The number of carbonyl (C=O) groups excluding carboxylic acids is 1. The third-order valence-electron chi connectivity index (χ3n) is 3.55. The molecule has 0 aromatic heterocycles. The van der Waals surface area contributed by atoms with E-state index in [4.69, 9.17) is 0 Å². The lowest BCUT2D eigenvalue weighted by atomic mass is 9.85. The van der Waals surface area contributed by atoms with E-state index in [9.17, 15) is 4.79 Å². The maximum absolute atomic E-state index is 12.3. The van der Waals surface area contributed by atoms with E-state index in [0.717, 1.165) is 32.1 Å². The average molecular weight is 260 g/mol. The fraction of sp³-hybridized carbons (Fsp3) is 0.438. The van der Waals surface area contributed by atoms with Crippen molar-refractivity contribution in [2.75, 3.05) is 0 Å². The van der Waals surface area contributed by atoms with Crippen molar-refractivity contribution in [3.05, 3.63) is 42.5 Å². The lowest BCUT2D eigenvalue weighted by Crippen LogP contribution is -2.37. The first-order valence-electron chi connectivity index (χ1n) is 6.56. The molecule has 0 spiro atoms. The zero-order valence-corrected chi connectivity index (χ0v) is 11.8. The van der Waals surface area contributed by atoms with Crippen LogP contribution in [0.5, 0.6) is 0 Å². The normalized spacial score (nSPS) is 23.9. The maximum atomic E-state index is 12.3. The van der Waals surface area contributed by atoms with Gasteiger partial charge in [-0.05, 0) is 38.3 Å². The molecule has 0 aliphatic heterocycles. The predicted octanol–water partition coefficient (Wildman–Crippen LogP) is 4.55. The molecular formula is C16H20OS. The standard InChI is InChI=1S/C16H20OS/c1-3-11-16(12-5-4-6-15(16)17)18-14-9-7-13(2)8-10-14/h3,7-10H,1,4-6,11-12H2,2H3/t16-/m1/s1. The van der Waals surface area contributed by atoms with Gasteiger partial charge in [-0.1, -0.05) is 30.2 Å². The number of aryl methyl sites for hydroxylation is 1. The summed E-state index contributed by atoms with van der Waals surface area (Å²) in [7, 11) is 0. The van der Waals surface area contributed by atoms with Crippen LogP contribution in [-0.2, 0) is 4.79 Å². The van der Waals surface area contributed by atoms with E-state index >= 15 is 0 Å². The molecule has 2 rings (SSSR count). The zero-order valence-electron chi connectivity index (χ0n) is 10.9. The third kappa shape index (κ3) is 2.86. The molecule has 1 nitrogen and oxygen atoms in total. The molecule has 1 fully saturated rings. The van der Waals surface area contributed by atoms with Crippen LogP contribution in [0.1, 0.15) is 37.7 Å². The predicted molar refractivity (Wildman–Crippen MR) is 78.1 cm³/mol. The Labute approximate surface area is 114 Å². The van der Waals surface area contributed by atoms with Crippen LogP contribution in [0.25, 0.3) is 0 Å². The summed E-state index contributed by atoms with van der Waals surface area (Å²) in [6, 6.07) is 8.45. The first kappa shape index (κ1) is 13.4. The van der Waals surface area contributed by atoms with Crippen molar-refractivity contribution < 1.29 is 4.79 Å². The molecule has 1 atom stereocenters. The van der Waals surface area contributed by atoms with Gasteiger partial charge in [-0.15, -0.1) is 18.3 Å². The molecule has 1 aliphatic carbocycles. The lowest BCUT2D eigenvalue weighted by molar-refractivity contribution is -0.122. The third-order valence-corrected chi connectivity index (χ3v) is 5.05. The highest BCUT2D eigenvalue weighted by atomic mass is 32.2. The van der Waals surface area contributed by atoms with Gasteiger partial charge in [0.25, 0.3) is 0 Å². The highest BCUT2D eigenvalue weighted by Crippen LogP contribution is 2.44. The van der Waals surface area contributed by atoms with Crippen molar-refractivity contribution in [3.63, 3.8) is 0 Å². The molecule has 0 heterocycles. The van der Waals surface area contributed by atoms with Crippen molar-refractivity contribution >= 4 is 17.5 Å². The zero-order chi connectivity index (χ0) is 13.0. The molecule has 0 unspecified atom stereocenters. The molecule has 1 aliphatic rings. The SMILES string of the molecule is C=CC[C@@]1(Sc2ccc(C)cc2)CCCCC1=O. The van der Waals surface area contributed by atoms with E-state index in [1.807, 2.05) is 6.08 Å². The Hall–Kier alpha value is -1.02. The smallest absolute Gasteiger partial charge is 0.149 e. The number of benzene rings is 1. The molecule has 0 radical (unpaired) electrons. The molecule has 0 amide bonds. The van der Waals surface area contributed by atoms with Gasteiger partial charge in [0.05, 0.1) is 4.75 Å². The summed E-state index contributed by atoms with van der Waals surface area (Å²) >= 11 is 1.73. The molecule has 2 heteroatoms. The largest absolute Gasteiger partial charge is 0.298 e. The van der Waals surface area contributed by atoms with E-state index in [2.05, 4.69) is 37.8 Å². The number of hydrogen-bond donors (Lipinski definition) is 0. The summed E-state index contributed by atoms with van der Waals surface area (Å²) in [5.41, 5.74) is 1.26. The van der Waals surface area contributed by atoms with E-state index in [1.165, 1.54) is 10.5 Å². The highest BCUT2D eigenvalue weighted by Gasteiger charge is 2.39. The summed E-state index contributed by atoms with van der Waals surface area (Å²) in [5, 5.41) is 0. The van der Waals surface area contributed by atoms with Gasteiger partial charge in [0.2, 0.25) is 0 Å². The van der Waals surface area contributed by atoms with Crippen LogP contribution in [0.15, 0.2) is 41.8 Å². The second-order valence-corrected chi connectivity index (χ2v) is 6.49. The van der Waals surface area contributed by atoms with Crippen LogP contribution < -0.4 is 0 Å². The summed E-state index contributed by atoms with van der Waals surface area (Å²) in [4.78, 5) is 13.5. The number of rotatable bonds is 4. The minimum Gasteiger partial charge on any atom is -0.298 e. The average Bonchev–Trinajstić information content (AvgIpc) is 2.36. The maximum Gasteiger partial charge on any atom is 0.149 e. The number of Topliss-reactive ketones (excluding diaryl/α,β-unsaturated/α-hetero) is 1. The van der Waals surface area contributed by atoms with Gasteiger partial charge in [-0.25, -0.2) is 0 Å². The molecule has 1 aromatic rings. The number of thioether (sulfide) groups is 1. The Kier molecular flexibility index (Phi) is 4.28. The summed E-state index contributed by atoms with van der Waals surface area (Å²) in [5.74, 6) is 0.402. The van der Waals surface area contributed by atoms with Gasteiger partial charge in [-0.3, -0.25) is 4.79 Å². The Morgan fingerprint density at radius 1 is 1.33 bits per heavy atom. The molecular weight excluding hydrogens is 240 g/mol. The Bertz CT molecular complexity index is 435. The summed E-state index contributed by atoms with van der Waals surface area (Å²) in [6.45, 7) is 5.91. The van der Waals surface area contributed by atoms with Gasteiger partial charge >= 0.3 is 0 Å². The Morgan fingerprint density at radius 3 is 2.67 bits per heavy atom. The van der Waals surface area contributed by atoms with Crippen LogP contribution in [0.4, 0.5) is 0 Å². The molecule has 0 bridgehead atoms. The topological polar surface area (TPSA) is 17.1 Å². The van der Waals surface area contributed by atoms with Crippen LogP contribution in [0.3, 0.4) is 0 Å². The van der Waals surface area contributed by atoms with Crippen molar-refractivity contribution in [1.29, 1.82) is 0 Å². The van der Waals surface area contributed by atoms with E-state index in [-0.39, 0.29) is 4.75 Å². The molecule has 1 aromatic carbocycles. The highest BCUT2D eigenvalue weighted by molar-refractivity contribution is 8.01. The number of ketones is 1. The van der Waals surface area contributed by atoms with Crippen LogP contribution in [0, 0.1) is 6.92 Å². The van der Waals surface area contributed by atoms with Gasteiger partial charge in [-0.2, -0.15) is 0 Å². The van der Waals surface area contributed by atoms with E-state index in [0.29, 0.717) is 5.78 Å². The molecule has 96 valence electrons. The lowest BCUT2D eigenvalue weighted by Gasteiger charge is -2.34. The van der Waals surface area contributed by atoms with E-state index in [1.54, 1.807) is 11.8 Å². The number of allylic oxidation sites excluding steroid dienone is 1. The van der Waals surface area contributed by atoms with Crippen molar-refractivity contribution in [2.45, 2.75) is 48.7 Å². The fourth-order valence-electron chi connectivity index (χ4n) is 2.49.